The van der Waals surface area contributed by atoms with Crippen LogP contribution in [0.2, 0.25) is 0 Å². The van der Waals surface area contributed by atoms with Gasteiger partial charge in [0.25, 0.3) is 0 Å². The lowest BCUT2D eigenvalue weighted by molar-refractivity contribution is 1.10. The van der Waals surface area contributed by atoms with Crippen molar-refractivity contribution in [2.24, 2.45) is 0 Å². The van der Waals surface area contributed by atoms with Gasteiger partial charge in [-0.1, -0.05) is 30.3 Å². The number of pyridine rings is 2. The fourth-order valence-electron chi connectivity index (χ4n) is 2.67. The molecule has 3 aromatic heterocycles. The average Bonchev–Trinajstić information content (AvgIpc) is 3.02. The molecule has 4 rings (SSSR count). The summed E-state index contributed by atoms with van der Waals surface area (Å²) < 4.78 is 2.99. The second-order valence-corrected chi connectivity index (χ2v) is 6.30. The van der Waals surface area contributed by atoms with E-state index in [1.54, 1.807) is 12.4 Å². The number of fused-ring (bicyclic) bond motifs is 1. The van der Waals surface area contributed by atoms with Crippen molar-refractivity contribution in [2.45, 2.75) is 6.54 Å². The fourth-order valence-corrected chi connectivity index (χ4v) is 3.05. The molecule has 118 valence electrons. The first kappa shape index (κ1) is 14.9. The molecule has 1 N–H and O–H groups in total. The Morgan fingerprint density at radius 1 is 1.00 bits per heavy atom. The molecule has 0 amide bonds. The van der Waals surface area contributed by atoms with E-state index in [-0.39, 0.29) is 0 Å². The number of nitrogens with one attached hydrogen (secondary N) is 1. The fraction of sp³-hybridized carbons (Fsp3) is 0.0526. The van der Waals surface area contributed by atoms with E-state index >= 15 is 0 Å². The van der Waals surface area contributed by atoms with Gasteiger partial charge in [0.1, 0.15) is 4.60 Å². The van der Waals surface area contributed by atoms with Crippen LogP contribution in [-0.2, 0) is 6.54 Å². The number of imidazole rings is 1. The van der Waals surface area contributed by atoms with E-state index < -0.39 is 0 Å². The Kier molecular flexibility index (Phi) is 4.01. The standard InChI is InChI=1S/C19H15BrN4/c20-18-12-23-19-17(22-11-14-6-8-21-9-7-14)10-16(13-24(18)19)15-4-2-1-3-5-15/h1-10,12-13,22H,11H2. The summed E-state index contributed by atoms with van der Waals surface area (Å²) in [4.78, 5) is 8.56. The van der Waals surface area contributed by atoms with Crippen molar-refractivity contribution in [1.82, 2.24) is 14.4 Å². The van der Waals surface area contributed by atoms with Gasteiger partial charge in [0.15, 0.2) is 5.65 Å². The number of rotatable bonds is 4. The molecule has 24 heavy (non-hydrogen) atoms. The van der Waals surface area contributed by atoms with Gasteiger partial charge in [-0.05, 0) is 45.3 Å². The van der Waals surface area contributed by atoms with Crippen LogP contribution in [0.3, 0.4) is 0 Å². The molecule has 0 saturated carbocycles. The zero-order chi connectivity index (χ0) is 16.4. The van der Waals surface area contributed by atoms with Gasteiger partial charge >= 0.3 is 0 Å². The summed E-state index contributed by atoms with van der Waals surface area (Å²) in [6.07, 6.45) is 7.53. The smallest absolute Gasteiger partial charge is 0.161 e. The highest BCUT2D eigenvalue weighted by Crippen LogP contribution is 2.28. The second kappa shape index (κ2) is 6.45. The third-order valence-electron chi connectivity index (χ3n) is 3.90. The number of hydrogen-bond donors (Lipinski definition) is 1. The third kappa shape index (κ3) is 2.90. The molecule has 5 heteroatoms. The van der Waals surface area contributed by atoms with E-state index in [0.29, 0.717) is 0 Å². The highest BCUT2D eigenvalue weighted by molar-refractivity contribution is 9.10. The molecule has 0 fully saturated rings. The molecule has 0 bridgehead atoms. The van der Waals surface area contributed by atoms with E-state index in [1.807, 2.05) is 36.5 Å². The summed E-state index contributed by atoms with van der Waals surface area (Å²) in [5.74, 6) is 0. The van der Waals surface area contributed by atoms with Gasteiger partial charge in [-0.15, -0.1) is 0 Å². The maximum Gasteiger partial charge on any atom is 0.161 e. The Bertz CT molecular complexity index is 965. The third-order valence-corrected chi connectivity index (χ3v) is 4.49. The summed E-state index contributed by atoms with van der Waals surface area (Å²) >= 11 is 3.57. The van der Waals surface area contributed by atoms with Crippen molar-refractivity contribution in [3.8, 4) is 11.1 Å². The average molecular weight is 379 g/mol. The Morgan fingerprint density at radius 3 is 2.58 bits per heavy atom. The van der Waals surface area contributed by atoms with Crippen LogP contribution in [0.1, 0.15) is 5.56 Å². The molecule has 0 aliphatic rings. The lowest BCUT2D eigenvalue weighted by atomic mass is 10.1. The van der Waals surface area contributed by atoms with Crippen LogP contribution in [0.4, 0.5) is 5.69 Å². The molecule has 0 unspecified atom stereocenters. The van der Waals surface area contributed by atoms with E-state index in [4.69, 9.17) is 0 Å². The minimum atomic E-state index is 0.723. The van der Waals surface area contributed by atoms with Crippen LogP contribution >= 0.6 is 15.9 Å². The maximum atomic E-state index is 4.51. The van der Waals surface area contributed by atoms with E-state index in [9.17, 15) is 0 Å². The summed E-state index contributed by atoms with van der Waals surface area (Å²) in [5, 5.41) is 3.50. The van der Waals surface area contributed by atoms with Gasteiger partial charge in [-0.2, -0.15) is 0 Å². The van der Waals surface area contributed by atoms with Crippen LogP contribution in [0.25, 0.3) is 16.8 Å². The molecule has 0 atom stereocenters. The highest BCUT2D eigenvalue weighted by Gasteiger charge is 2.10. The Morgan fingerprint density at radius 2 is 1.79 bits per heavy atom. The van der Waals surface area contributed by atoms with Crippen LogP contribution < -0.4 is 5.32 Å². The number of anilines is 1. The summed E-state index contributed by atoms with van der Waals surface area (Å²) in [7, 11) is 0. The van der Waals surface area contributed by atoms with Crippen LogP contribution in [0.5, 0.6) is 0 Å². The number of benzene rings is 1. The van der Waals surface area contributed by atoms with Gasteiger partial charge in [0, 0.05) is 30.7 Å². The van der Waals surface area contributed by atoms with Crippen molar-refractivity contribution in [3.05, 3.63) is 83.5 Å². The van der Waals surface area contributed by atoms with Gasteiger partial charge < -0.3 is 5.32 Å². The second-order valence-electron chi connectivity index (χ2n) is 5.49. The summed E-state index contributed by atoms with van der Waals surface area (Å²) in [6.45, 7) is 0.723. The largest absolute Gasteiger partial charge is 0.378 e. The monoisotopic (exact) mass is 378 g/mol. The van der Waals surface area contributed by atoms with Gasteiger partial charge in [0.05, 0.1) is 11.9 Å². The molecule has 0 radical (unpaired) electrons. The quantitative estimate of drug-likeness (QED) is 0.555. The van der Waals surface area contributed by atoms with Crippen LogP contribution in [0, 0.1) is 0 Å². The first-order valence-electron chi connectivity index (χ1n) is 7.66. The van der Waals surface area contributed by atoms with Gasteiger partial charge in [0.2, 0.25) is 0 Å². The predicted octanol–water partition coefficient (Wildman–Crippen LogP) is 4.77. The molecule has 1 aromatic carbocycles. The molecule has 0 saturated heterocycles. The Hall–Kier alpha value is -2.66. The van der Waals surface area contributed by atoms with Gasteiger partial charge in [-0.25, -0.2) is 4.98 Å². The predicted molar refractivity (Wildman–Crippen MR) is 99.9 cm³/mol. The van der Waals surface area contributed by atoms with Crippen LogP contribution in [0.15, 0.2) is 77.9 Å². The number of nitrogens with zero attached hydrogens (tertiary/aromatic N) is 3. The van der Waals surface area contributed by atoms with E-state index in [0.717, 1.165) is 28.0 Å². The normalized spacial score (nSPS) is 10.9. The lowest BCUT2D eigenvalue weighted by Crippen LogP contribution is -2.02. The van der Waals surface area contributed by atoms with E-state index in [2.05, 4.69) is 60.0 Å². The van der Waals surface area contributed by atoms with Crippen molar-refractivity contribution in [3.63, 3.8) is 0 Å². The number of aromatic nitrogens is 3. The minimum Gasteiger partial charge on any atom is -0.378 e. The van der Waals surface area contributed by atoms with E-state index in [1.165, 1.54) is 11.1 Å². The lowest BCUT2D eigenvalue weighted by Gasteiger charge is -2.11. The number of halogens is 1. The van der Waals surface area contributed by atoms with Crippen molar-refractivity contribution >= 4 is 27.3 Å². The Balaban J connectivity index is 1.76. The minimum absolute atomic E-state index is 0.723. The first-order valence-corrected chi connectivity index (χ1v) is 8.45. The molecular formula is C19H15BrN4. The topological polar surface area (TPSA) is 42.2 Å². The van der Waals surface area contributed by atoms with Crippen molar-refractivity contribution in [1.29, 1.82) is 0 Å². The molecule has 0 spiro atoms. The van der Waals surface area contributed by atoms with Crippen molar-refractivity contribution in [2.75, 3.05) is 5.32 Å². The molecule has 3 heterocycles. The molecule has 4 nitrogen and oxygen atoms in total. The van der Waals surface area contributed by atoms with Crippen molar-refractivity contribution < 1.29 is 0 Å². The zero-order valence-corrected chi connectivity index (χ0v) is 14.4. The highest BCUT2D eigenvalue weighted by atomic mass is 79.9. The SMILES string of the molecule is Brc1cnc2c(NCc3ccncc3)cc(-c3ccccc3)cn12. The van der Waals surface area contributed by atoms with Gasteiger partial charge in [-0.3, -0.25) is 9.38 Å². The summed E-state index contributed by atoms with van der Waals surface area (Å²) in [5.41, 5.74) is 5.39. The zero-order valence-electron chi connectivity index (χ0n) is 12.9. The molecule has 0 aliphatic carbocycles. The Labute approximate surface area is 148 Å². The van der Waals surface area contributed by atoms with Crippen LogP contribution in [-0.4, -0.2) is 14.4 Å². The maximum absolute atomic E-state index is 4.51. The molecular weight excluding hydrogens is 364 g/mol. The molecule has 0 aliphatic heterocycles. The molecule has 4 aromatic rings. The summed E-state index contributed by atoms with van der Waals surface area (Å²) in [6, 6.07) is 16.5. The first-order chi connectivity index (χ1) is 11.8. The number of hydrogen-bond acceptors (Lipinski definition) is 3.